The van der Waals surface area contributed by atoms with Crippen LogP contribution in [0.3, 0.4) is 0 Å². The first-order valence-corrected chi connectivity index (χ1v) is 8.87. The maximum atomic E-state index is 12.4. The predicted molar refractivity (Wildman–Crippen MR) is 91.2 cm³/mol. The van der Waals surface area contributed by atoms with Gasteiger partial charge in [0.15, 0.2) is 0 Å². The number of likely N-dealkylation sites (tertiary alicyclic amines) is 1. The summed E-state index contributed by atoms with van der Waals surface area (Å²) in [6.07, 6.45) is 4.75. The van der Waals surface area contributed by atoms with Crippen LogP contribution >= 0.6 is 0 Å². The topological polar surface area (TPSA) is 52.6 Å². The Balaban J connectivity index is 1.41. The fraction of sp³-hybridized carbons (Fsp3) is 0.632. The molecule has 4 nitrogen and oxygen atoms in total. The molecule has 3 rings (SSSR count). The first-order valence-electron chi connectivity index (χ1n) is 8.87. The average molecular weight is 316 g/mol. The molecule has 2 fully saturated rings. The average Bonchev–Trinajstić information content (AvgIpc) is 3.01. The number of aliphatic hydroxyl groups is 1. The summed E-state index contributed by atoms with van der Waals surface area (Å²) < 4.78 is 0. The highest BCUT2D eigenvalue weighted by Crippen LogP contribution is 2.24. The van der Waals surface area contributed by atoms with E-state index in [1.165, 1.54) is 17.5 Å². The number of β-amino-alcohol motifs (C(OH)–C–C–N with tert-alkyl or cyclic N) is 1. The highest BCUT2D eigenvalue weighted by Gasteiger charge is 2.32. The molecule has 0 saturated carbocycles. The molecule has 1 aromatic carbocycles. The van der Waals surface area contributed by atoms with Gasteiger partial charge in [-0.05, 0) is 50.5 Å². The highest BCUT2D eigenvalue weighted by atomic mass is 16.3. The van der Waals surface area contributed by atoms with Crippen molar-refractivity contribution in [3.8, 4) is 0 Å². The number of rotatable bonds is 4. The summed E-state index contributed by atoms with van der Waals surface area (Å²) in [6, 6.07) is 8.64. The molecule has 2 saturated heterocycles. The lowest BCUT2D eigenvalue weighted by molar-refractivity contribution is -0.134. The van der Waals surface area contributed by atoms with E-state index in [1.54, 1.807) is 0 Å². The molecule has 2 heterocycles. The summed E-state index contributed by atoms with van der Waals surface area (Å²) >= 11 is 0. The predicted octanol–water partition coefficient (Wildman–Crippen LogP) is 1.89. The van der Waals surface area contributed by atoms with Gasteiger partial charge < -0.3 is 15.3 Å². The SMILES string of the molecule is Cc1ccc(CCC2CCN(C(=O)[C@@H]3C[C@@H](O)CN3)CC2)cc1. The number of benzene rings is 1. The van der Waals surface area contributed by atoms with Gasteiger partial charge in [-0.3, -0.25) is 4.79 Å². The molecular weight excluding hydrogens is 288 g/mol. The molecule has 0 unspecified atom stereocenters. The van der Waals surface area contributed by atoms with Crippen molar-refractivity contribution in [3.05, 3.63) is 35.4 Å². The summed E-state index contributed by atoms with van der Waals surface area (Å²) in [6.45, 7) is 4.40. The van der Waals surface area contributed by atoms with Crippen molar-refractivity contribution < 1.29 is 9.90 Å². The van der Waals surface area contributed by atoms with Gasteiger partial charge in [-0.1, -0.05) is 29.8 Å². The Labute approximate surface area is 138 Å². The lowest BCUT2D eigenvalue weighted by atomic mass is 9.90. The van der Waals surface area contributed by atoms with Gasteiger partial charge in [0.25, 0.3) is 0 Å². The van der Waals surface area contributed by atoms with Gasteiger partial charge in [0.1, 0.15) is 0 Å². The molecule has 4 heteroatoms. The first-order chi connectivity index (χ1) is 11.1. The maximum absolute atomic E-state index is 12.4. The van der Waals surface area contributed by atoms with E-state index in [4.69, 9.17) is 0 Å². The van der Waals surface area contributed by atoms with Gasteiger partial charge in [0.2, 0.25) is 5.91 Å². The maximum Gasteiger partial charge on any atom is 0.239 e. The van der Waals surface area contributed by atoms with Crippen LogP contribution in [-0.2, 0) is 11.2 Å². The number of aryl methyl sites for hydroxylation is 2. The van der Waals surface area contributed by atoms with Crippen molar-refractivity contribution in [2.75, 3.05) is 19.6 Å². The molecule has 0 aromatic heterocycles. The molecule has 1 aromatic rings. The third-order valence-corrected chi connectivity index (χ3v) is 5.29. The number of carbonyl (C=O) groups excluding carboxylic acids is 1. The molecule has 1 amide bonds. The Morgan fingerprint density at radius 3 is 2.57 bits per heavy atom. The molecule has 2 aliphatic heterocycles. The lowest BCUT2D eigenvalue weighted by Gasteiger charge is -2.33. The zero-order valence-electron chi connectivity index (χ0n) is 14.0. The van der Waals surface area contributed by atoms with Crippen LogP contribution in [0.1, 0.15) is 36.8 Å². The second-order valence-electron chi connectivity index (χ2n) is 7.14. The Morgan fingerprint density at radius 2 is 1.96 bits per heavy atom. The van der Waals surface area contributed by atoms with Gasteiger partial charge in [-0.2, -0.15) is 0 Å². The zero-order chi connectivity index (χ0) is 16.2. The number of carbonyl (C=O) groups is 1. The largest absolute Gasteiger partial charge is 0.392 e. The van der Waals surface area contributed by atoms with Crippen LogP contribution in [0, 0.1) is 12.8 Å². The molecular formula is C19H28N2O2. The molecule has 0 aliphatic carbocycles. The van der Waals surface area contributed by atoms with Crippen LogP contribution < -0.4 is 5.32 Å². The number of hydrogen-bond acceptors (Lipinski definition) is 3. The van der Waals surface area contributed by atoms with Crippen LogP contribution in [0.15, 0.2) is 24.3 Å². The van der Waals surface area contributed by atoms with E-state index in [-0.39, 0.29) is 18.1 Å². The third kappa shape index (κ3) is 4.33. The van der Waals surface area contributed by atoms with Crippen molar-refractivity contribution in [1.82, 2.24) is 10.2 Å². The fourth-order valence-corrected chi connectivity index (χ4v) is 3.69. The van der Waals surface area contributed by atoms with Crippen LogP contribution in [0.4, 0.5) is 0 Å². The van der Waals surface area contributed by atoms with E-state index in [9.17, 15) is 9.90 Å². The van der Waals surface area contributed by atoms with Crippen LogP contribution in [0.5, 0.6) is 0 Å². The van der Waals surface area contributed by atoms with Gasteiger partial charge in [0, 0.05) is 19.6 Å². The third-order valence-electron chi connectivity index (χ3n) is 5.29. The molecule has 2 aliphatic rings. The van der Waals surface area contributed by atoms with E-state index in [2.05, 4.69) is 36.5 Å². The Hall–Kier alpha value is -1.39. The van der Waals surface area contributed by atoms with Crippen LogP contribution in [0.25, 0.3) is 0 Å². The lowest BCUT2D eigenvalue weighted by Crippen LogP contribution is -2.47. The van der Waals surface area contributed by atoms with E-state index >= 15 is 0 Å². The minimum absolute atomic E-state index is 0.172. The molecule has 0 bridgehead atoms. The molecule has 0 radical (unpaired) electrons. The summed E-state index contributed by atoms with van der Waals surface area (Å²) in [5, 5.41) is 12.7. The smallest absolute Gasteiger partial charge is 0.239 e. The van der Waals surface area contributed by atoms with Crippen molar-refractivity contribution in [3.63, 3.8) is 0 Å². The summed E-state index contributed by atoms with van der Waals surface area (Å²) in [7, 11) is 0. The van der Waals surface area contributed by atoms with Crippen molar-refractivity contribution in [2.45, 2.75) is 51.2 Å². The van der Waals surface area contributed by atoms with Gasteiger partial charge in [0.05, 0.1) is 12.1 Å². The summed E-state index contributed by atoms with van der Waals surface area (Å²) in [4.78, 5) is 14.4. The minimum atomic E-state index is -0.365. The van der Waals surface area contributed by atoms with Crippen molar-refractivity contribution in [1.29, 1.82) is 0 Å². The standard InChI is InChI=1S/C19H28N2O2/c1-14-2-4-15(5-3-14)6-7-16-8-10-21(11-9-16)19(23)18-12-17(22)13-20-18/h2-5,16-18,20,22H,6-13H2,1H3/t17-,18+/m1/s1. The van der Waals surface area contributed by atoms with E-state index < -0.39 is 0 Å². The fourth-order valence-electron chi connectivity index (χ4n) is 3.69. The number of piperidine rings is 1. The monoisotopic (exact) mass is 316 g/mol. The number of aliphatic hydroxyl groups excluding tert-OH is 1. The Morgan fingerprint density at radius 1 is 1.26 bits per heavy atom. The van der Waals surface area contributed by atoms with Crippen molar-refractivity contribution in [2.24, 2.45) is 5.92 Å². The van der Waals surface area contributed by atoms with Crippen LogP contribution in [-0.4, -0.2) is 47.7 Å². The number of nitrogens with one attached hydrogen (secondary N) is 1. The minimum Gasteiger partial charge on any atom is -0.392 e. The Bertz CT molecular complexity index is 521. The van der Waals surface area contributed by atoms with E-state index in [0.717, 1.165) is 38.3 Å². The van der Waals surface area contributed by atoms with E-state index in [1.807, 2.05) is 4.90 Å². The quantitative estimate of drug-likeness (QED) is 0.892. The number of hydrogen-bond donors (Lipinski definition) is 2. The zero-order valence-corrected chi connectivity index (χ0v) is 14.0. The van der Waals surface area contributed by atoms with Gasteiger partial charge in [-0.15, -0.1) is 0 Å². The molecule has 126 valence electrons. The normalized spacial score (nSPS) is 25.7. The molecule has 2 N–H and O–H groups in total. The second-order valence-corrected chi connectivity index (χ2v) is 7.14. The molecule has 0 spiro atoms. The first kappa shape index (κ1) is 16.5. The van der Waals surface area contributed by atoms with Crippen LogP contribution in [0.2, 0.25) is 0 Å². The molecule has 23 heavy (non-hydrogen) atoms. The second kappa shape index (κ2) is 7.45. The van der Waals surface area contributed by atoms with Gasteiger partial charge >= 0.3 is 0 Å². The number of amides is 1. The Kier molecular flexibility index (Phi) is 5.34. The summed E-state index contributed by atoms with van der Waals surface area (Å²) in [5.41, 5.74) is 2.73. The van der Waals surface area contributed by atoms with Gasteiger partial charge in [-0.25, -0.2) is 0 Å². The number of nitrogens with zero attached hydrogens (tertiary/aromatic N) is 1. The highest BCUT2D eigenvalue weighted by molar-refractivity contribution is 5.82. The van der Waals surface area contributed by atoms with Crippen molar-refractivity contribution >= 4 is 5.91 Å². The summed E-state index contributed by atoms with van der Waals surface area (Å²) in [5.74, 6) is 0.904. The molecule has 2 atom stereocenters. The van der Waals surface area contributed by atoms with E-state index in [0.29, 0.717) is 13.0 Å².